The first kappa shape index (κ1) is 12.9. The smallest absolute Gasteiger partial charge is 0.172 e. The van der Waals surface area contributed by atoms with Crippen LogP contribution in [0.4, 0.5) is 0 Å². The van der Waals surface area contributed by atoms with Crippen molar-refractivity contribution in [1.29, 1.82) is 0 Å². The molecule has 0 radical (unpaired) electrons. The van der Waals surface area contributed by atoms with Gasteiger partial charge in [-0.05, 0) is 30.2 Å². The van der Waals surface area contributed by atoms with E-state index in [1.165, 1.54) is 11.1 Å². The van der Waals surface area contributed by atoms with Crippen LogP contribution >= 0.6 is 0 Å². The second-order valence-corrected chi connectivity index (χ2v) is 5.90. The van der Waals surface area contributed by atoms with Crippen LogP contribution in [-0.2, 0) is 16.5 Å². The molecule has 1 aliphatic carbocycles. The Morgan fingerprint density at radius 1 is 1.24 bits per heavy atom. The number of benzene rings is 1. The molecule has 0 atom stereocenters. The van der Waals surface area contributed by atoms with E-state index in [-0.39, 0.29) is 5.79 Å². The maximum atomic E-state index is 9.76. The topological polar surface area (TPSA) is 43.6 Å². The van der Waals surface area contributed by atoms with Gasteiger partial charge in [-0.3, -0.25) is 0 Å². The number of fused-ring (bicyclic) bond motifs is 1. The Bertz CT molecular complexity index is 723. The quantitative estimate of drug-likeness (QED) is 0.875. The molecule has 2 aromatic rings. The molecular weight excluding hydrogens is 266 g/mol. The second-order valence-electron chi connectivity index (χ2n) is 5.90. The van der Waals surface area contributed by atoms with Gasteiger partial charge in [-0.25, -0.2) is 0 Å². The molecule has 2 heterocycles. The van der Waals surface area contributed by atoms with E-state index in [9.17, 15) is 5.11 Å². The van der Waals surface area contributed by atoms with Gasteiger partial charge in [0.1, 0.15) is 5.75 Å². The number of rotatable bonds is 1. The van der Waals surface area contributed by atoms with Crippen LogP contribution in [0.15, 0.2) is 30.5 Å². The van der Waals surface area contributed by atoms with Crippen LogP contribution in [0, 0.1) is 0 Å². The van der Waals surface area contributed by atoms with E-state index in [1.54, 1.807) is 6.07 Å². The number of hydrogen-bond donors (Lipinski definition) is 1. The maximum absolute atomic E-state index is 9.76. The highest BCUT2D eigenvalue weighted by atomic mass is 16.7. The molecule has 1 saturated heterocycles. The van der Waals surface area contributed by atoms with Crippen LogP contribution < -0.4 is 0 Å². The number of aryl methyl sites for hydroxylation is 1. The first-order chi connectivity index (χ1) is 10.2. The zero-order chi connectivity index (χ0) is 14.4. The van der Waals surface area contributed by atoms with Gasteiger partial charge in [0.15, 0.2) is 5.79 Å². The maximum Gasteiger partial charge on any atom is 0.172 e. The Morgan fingerprint density at radius 3 is 2.76 bits per heavy atom. The standard InChI is InChI=1S/C17H19NO3/c1-18-11-15(14-10-13(19)2-3-16(14)18)12-4-6-17(7-5-12)20-8-9-21-17/h2-4,10-11,19H,5-9H2,1H3. The molecule has 1 aromatic carbocycles. The van der Waals surface area contributed by atoms with E-state index in [0.29, 0.717) is 19.0 Å². The number of hydrogen-bond acceptors (Lipinski definition) is 3. The van der Waals surface area contributed by atoms with Gasteiger partial charge in [0, 0.05) is 42.6 Å². The van der Waals surface area contributed by atoms with Crippen molar-refractivity contribution in [1.82, 2.24) is 4.57 Å². The van der Waals surface area contributed by atoms with Crippen molar-refractivity contribution < 1.29 is 14.6 Å². The number of aromatic nitrogens is 1. The molecule has 110 valence electrons. The highest BCUT2D eigenvalue weighted by molar-refractivity contribution is 5.94. The lowest BCUT2D eigenvalue weighted by molar-refractivity contribution is -0.159. The lowest BCUT2D eigenvalue weighted by Crippen LogP contribution is -2.31. The number of allylic oxidation sites excluding steroid dienone is 1. The molecule has 1 aromatic heterocycles. The average Bonchev–Trinajstić information content (AvgIpc) is 3.06. The molecule has 1 spiro atoms. The fourth-order valence-corrected chi connectivity index (χ4v) is 3.45. The number of aromatic hydroxyl groups is 1. The summed E-state index contributed by atoms with van der Waals surface area (Å²) in [6.07, 6.45) is 7.01. The number of phenols is 1. The summed E-state index contributed by atoms with van der Waals surface area (Å²) < 4.78 is 13.6. The van der Waals surface area contributed by atoms with Crippen molar-refractivity contribution in [3.8, 4) is 5.75 Å². The Morgan fingerprint density at radius 2 is 2.05 bits per heavy atom. The van der Waals surface area contributed by atoms with E-state index >= 15 is 0 Å². The van der Waals surface area contributed by atoms with Crippen LogP contribution in [0.2, 0.25) is 0 Å². The fraction of sp³-hybridized carbons (Fsp3) is 0.412. The van der Waals surface area contributed by atoms with Gasteiger partial charge in [0.05, 0.1) is 13.2 Å². The summed E-state index contributed by atoms with van der Waals surface area (Å²) in [6, 6.07) is 5.54. The first-order valence-corrected chi connectivity index (χ1v) is 7.42. The minimum atomic E-state index is -0.379. The molecule has 21 heavy (non-hydrogen) atoms. The molecule has 0 saturated carbocycles. The summed E-state index contributed by atoms with van der Waals surface area (Å²) >= 11 is 0. The van der Waals surface area contributed by atoms with Crippen molar-refractivity contribution in [2.75, 3.05) is 13.2 Å². The van der Waals surface area contributed by atoms with Crippen molar-refractivity contribution in [2.45, 2.75) is 25.0 Å². The summed E-state index contributed by atoms with van der Waals surface area (Å²) in [4.78, 5) is 0. The molecule has 0 amide bonds. The Labute approximate surface area is 123 Å². The minimum absolute atomic E-state index is 0.310. The van der Waals surface area contributed by atoms with Gasteiger partial charge in [-0.2, -0.15) is 0 Å². The molecule has 1 N–H and O–H groups in total. The molecule has 1 aliphatic heterocycles. The van der Waals surface area contributed by atoms with Gasteiger partial charge in [0.2, 0.25) is 0 Å². The van der Waals surface area contributed by atoms with Gasteiger partial charge < -0.3 is 19.1 Å². The molecule has 2 aliphatic rings. The highest BCUT2D eigenvalue weighted by Crippen LogP contribution is 2.40. The van der Waals surface area contributed by atoms with Crippen molar-refractivity contribution in [3.05, 3.63) is 36.0 Å². The lowest BCUT2D eigenvalue weighted by atomic mass is 9.89. The molecule has 1 fully saturated rings. The zero-order valence-corrected chi connectivity index (χ0v) is 12.1. The SMILES string of the molecule is Cn1cc(C2=CCC3(CC2)OCCO3)c2cc(O)ccc21. The van der Waals surface area contributed by atoms with E-state index in [1.807, 2.05) is 19.2 Å². The van der Waals surface area contributed by atoms with Crippen molar-refractivity contribution >= 4 is 16.5 Å². The van der Waals surface area contributed by atoms with Gasteiger partial charge in [0.25, 0.3) is 0 Å². The van der Waals surface area contributed by atoms with Crippen LogP contribution in [0.1, 0.15) is 24.8 Å². The molecule has 4 nitrogen and oxygen atoms in total. The Hall–Kier alpha value is -1.78. The number of ether oxygens (including phenoxy) is 2. The first-order valence-electron chi connectivity index (χ1n) is 7.42. The third kappa shape index (κ3) is 2.06. The average molecular weight is 285 g/mol. The Balaban J connectivity index is 1.74. The minimum Gasteiger partial charge on any atom is -0.508 e. The predicted molar refractivity (Wildman–Crippen MR) is 81.0 cm³/mol. The number of nitrogens with zero attached hydrogens (tertiary/aromatic N) is 1. The Kier molecular flexibility index (Phi) is 2.84. The monoisotopic (exact) mass is 285 g/mol. The van der Waals surface area contributed by atoms with E-state index < -0.39 is 0 Å². The lowest BCUT2D eigenvalue weighted by Gasteiger charge is -2.30. The van der Waals surface area contributed by atoms with Crippen LogP contribution in [-0.4, -0.2) is 28.7 Å². The van der Waals surface area contributed by atoms with Crippen LogP contribution in [0.3, 0.4) is 0 Å². The van der Waals surface area contributed by atoms with Crippen LogP contribution in [0.25, 0.3) is 16.5 Å². The molecule has 0 unspecified atom stereocenters. The third-order valence-corrected chi connectivity index (χ3v) is 4.57. The van der Waals surface area contributed by atoms with E-state index in [4.69, 9.17) is 9.47 Å². The summed E-state index contributed by atoms with van der Waals surface area (Å²) in [5.41, 5.74) is 3.66. The van der Waals surface area contributed by atoms with Gasteiger partial charge in [-0.15, -0.1) is 0 Å². The number of phenolic OH excluding ortho intramolecular Hbond substituents is 1. The van der Waals surface area contributed by atoms with E-state index in [0.717, 1.165) is 30.2 Å². The second kappa shape index (κ2) is 4.61. The van der Waals surface area contributed by atoms with Crippen molar-refractivity contribution in [3.63, 3.8) is 0 Å². The van der Waals surface area contributed by atoms with Gasteiger partial charge >= 0.3 is 0 Å². The molecular formula is C17H19NO3. The normalized spacial score (nSPS) is 21.1. The summed E-state index contributed by atoms with van der Waals surface area (Å²) in [5, 5.41) is 10.9. The van der Waals surface area contributed by atoms with E-state index in [2.05, 4.69) is 16.8 Å². The molecule has 0 bridgehead atoms. The summed E-state index contributed by atoms with van der Waals surface area (Å²) in [6.45, 7) is 1.40. The third-order valence-electron chi connectivity index (χ3n) is 4.57. The summed E-state index contributed by atoms with van der Waals surface area (Å²) in [7, 11) is 2.04. The summed E-state index contributed by atoms with van der Waals surface area (Å²) in [5.74, 6) is -0.0683. The van der Waals surface area contributed by atoms with Gasteiger partial charge in [-0.1, -0.05) is 6.08 Å². The highest BCUT2D eigenvalue weighted by Gasteiger charge is 2.37. The molecule has 4 rings (SSSR count). The van der Waals surface area contributed by atoms with Crippen molar-refractivity contribution in [2.24, 2.45) is 7.05 Å². The largest absolute Gasteiger partial charge is 0.508 e. The predicted octanol–water partition coefficient (Wildman–Crippen LogP) is 3.19. The van der Waals surface area contributed by atoms with Crippen LogP contribution in [0.5, 0.6) is 5.75 Å². The molecule has 4 heteroatoms. The zero-order valence-electron chi connectivity index (χ0n) is 12.1. The fourth-order valence-electron chi connectivity index (χ4n) is 3.45.